The van der Waals surface area contributed by atoms with Gasteiger partial charge in [0.1, 0.15) is 6.04 Å². The maximum absolute atomic E-state index is 12.1. The summed E-state index contributed by atoms with van der Waals surface area (Å²) in [5, 5.41) is 5.65. The van der Waals surface area contributed by atoms with Crippen LogP contribution < -0.4 is 10.6 Å². The van der Waals surface area contributed by atoms with Crippen molar-refractivity contribution in [3.05, 3.63) is 0 Å². The van der Waals surface area contributed by atoms with Crippen LogP contribution in [0.1, 0.15) is 13.3 Å². The molecule has 0 aliphatic carbocycles. The Morgan fingerprint density at radius 3 is 2.88 bits per heavy atom. The number of thioether (sulfide) groups is 1. The number of amides is 2. The Kier molecular flexibility index (Phi) is 5.77. The van der Waals surface area contributed by atoms with Gasteiger partial charge >= 0.3 is 0 Å². The lowest BCUT2D eigenvalue weighted by molar-refractivity contribution is -0.135. The molecule has 1 heterocycles. The second kappa shape index (κ2) is 6.86. The Labute approximate surface area is 107 Å². The smallest absolute Gasteiger partial charge is 0.241 e. The zero-order valence-electron chi connectivity index (χ0n) is 10.7. The predicted molar refractivity (Wildman–Crippen MR) is 70.0 cm³/mol. The van der Waals surface area contributed by atoms with E-state index in [0.29, 0.717) is 6.54 Å². The average molecular weight is 259 g/mol. The molecule has 2 amide bonds. The van der Waals surface area contributed by atoms with Gasteiger partial charge in [0.05, 0.1) is 6.54 Å². The number of hydrogen-bond acceptors (Lipinski definition) is 4. The molecule has 2 unspecified atom stereocenters. The Morgan fingerprint density at radius 2 is 2.35 bits per heavy atom. The highest BCUT2D eigenvalue weighted by Gasteiger charge is 2.27. The Balaban J connectivity index is 2.42. The SMILES string of the molecule is CSCCC(C)N(C)C(=O)C1CNC(=O)CN1. The van der Waals surface area contributed by atoms with Gasteiger partial charge in [0.2, 0.25) is 11.8 Å². The summed E-state index contributed by atoms with van der Waals surface area (Å²) in [7, 11) is 1.82. The molecule has 0 aromatic rings. The zero-order valence-corrected chi connectivity index (χ0v) is 11.5. The molecule has 1 aliphatic heterocycles. The van der Waals surface area contributed by atoms with E-state index in [1.807, 2.05) is 7.05 Å². The number of hydrogen-bond donors (Lipinski definition) is 2. The van der Waals surface area contributed by atoms with Gasteiger partial charge in [-0.1, -0.05) is 0 Å². The van der Waals surface area contributed by atoms with Crippen molar-refractivity contribution < 1.29 is 9.59 Å². The molecule has 17 heavy (non-hydrogen) atoms. The van der Waals surface area contributed by atoms with Crippen molar-refractivity contribution in [2.24, 2.45) is 0 Å². The van der Waals surface area contributed by atoms with E-state index in [9.17, 15) is 9.59 Å². The van der Waals surface area contributed by atoms with E-state index in [1.165, 1.54) is 0 Å². The van der Waals surface area contributed by atoms with E-state index >= 15 is 0 Å². The molecule has 2 atom stereocenters. The molecule has 0 aromatic heterocycles. The molecule has 2 N–H and O–H groups in total. The number of nitrogens with zero attached hydrogens (tertiary/aromatic N) is 1. The number of carbonyl (C=O) groups excluding carboxylic acids is 2. The van der Waals surface area contributed by atoms with E-state index in [2.05, 4.69) is 23.8 Å². The first-order chi connectivity index (χ1) is 8.06. The fourth-order valence-electron chi connectivity index (χ4n) is 1.69. The fourth-order valence-corrected chi connectivity index (χ4v) is 2.26. The van der Waals surface area contributed by atoms with Crippen LogP contribution in [0.15, 0.2) is 0 Å². The minimum Gasteiger partial charge on any atom is -0.353 e. The summed E-state index contributed by atoms with van der Waals surface area (Å²) >= 11 is 1.78. The van der Waals surface area contributed by atoms with Crippen LogP contribution in [0.2, 0.25) is 0 Å². The molecule has 5 nitrogen and oxygen atoms in total. The van der Waals surface area contributed by atoms with Gasteiger partial charge in [0.25, 0.3) is 0 Å². The van der Waals surface area contributed by atoms with Gasteiger partial charge in [0, 0.05) is 19.6 Å². The molecule has 6 heteroatoms. The van der Waals surface area contributed by atoms with Crippen molar-refractivity contribution in [1.82, 2.24) is 15.5 Å². The van der Waals surface area contributed by atoms with Crippen molar-refractivity contribution in [3.8, 4) is 0 Å². The van der Waals surface area contributed by atoms with Crippen LogP contribution in [-0.4, -0.2) is 60.9 Å². The molecular weight excluding hydrogens is 238 g/mol. The van der Waals surface area contributed by atoms with Crippen molar-refractivity contribution in [2.45, 2.75) is 25.4 Å². The first-order valence-corrected chi connectivity index (χ1v) is 7.21. The van der Waals surface area contributed by atoms with Crippen LogP contribution in [0, 0.1) is 0 Å². The van der Waals surface area contributed by atoms with E-state index in [1.54, 1.807) is 16.7 Å². The normalized spacial score (nSPS) is 21.8. The summed E-state index contributed by atoms with van der Waals surface area (Å²) in [6, 6.07) is -0.0520. The summed E-state index contributed by atoms with van der Waals surface area (Å²) < 4.78 is 0. The minimum atomic E-state index is -0.283. The summed E-state index contributed by atoms with van der Waals surface area (Å²) in [5.41, 5.74) is 0. The topological polar surface area (TPSA) is 61.4 Å². The highest BCUT2D eigenvalue weighted by atomic mass is 32.2. The van der Waals surface area contributed by atoms with Crippen LogP contribution in [0.4, 0.5) is 0 Å². The molecule has 0 radical (unpaired) electrons. The summed E-state index contributed by atoms with van der Waals surface area (Å²) in [6.07, 6.45) is 3.05. The van der Waals surface area contributed by atoms with Gasteiger partial charge in [0.15, 0.2) is 0 Å². The van der Waals surface area contributed by atoms with Gasteiger partial charge in [-0.05, 0) is 25.4 Å². The predicted octanol–water partition coefficient (Wildman–Crippen LogP) is -0.326. The van der Waals surface area contributed by atoms with Crippen LogP contribution in [-0.2, 0) is 9.59 Å². The molecule has 98 valence electrons. The number of piperazine rings is 1. The first-order valence-electron chi connectivity index (χ1n) is 5.82. The third-order valence-corrected chi connectivity index (χ3v) is 3.70. The average Bonchev–Trinajstić information content (AvgIpc) is 2.35. The number of likely N-dealkylation sites (N-methyl/N-ethyl adjacent to an activating group) is 1. The minimum absolute atomic E-state index is 0.0489. The molecular formula is C11H21N3O2S. The maximum atomic E-state index is 12.1. The standard InChI is InChI=1S/C11H21N3O2S/c1-8(4-5-17-3)14(2)11(16)9-6-13-10(15)7-12-9/h8-9,12H,4-7H2,1-3H3,(H,13,15). The second-order valence-electron chi connectivity index (χ2n) is 4.32. The summed E-state index contributed by atoms with van der Waals surface area (Å²) in [4.78, 5) is 24.9. The molecule has 1 aliphatic rings. The number of rotatable bonds is 5. The van der Waals surface area contributed by atoms with Gasteiger partial charge in [-0.2, -0.15) is 11.8 Å². The molecule has 0 saturated carbocycles. The molecule has 0 aromatic carbocycles. The molecule has 1 rings (SSSR count). The fraction of sp³-hybridized carbons (Fsp3) is 0.818. The molecule has 0 spiro atoms. The lowest BCUT2D eigenvalue weighted by Gasteiger charge is -2.31. The van der Waals surface area contributed by atoms with Crippen LogP contribution in [0.5, 0.6) is 0 Å². The third-order valence-electron chi connectivity index (χ3n) is 3.06. The highest BCUT2D eigenvalue weighted by Crippen LogP contribution is 2.08. The largest absolute Gasteiger partial charge is 0.353 e. The molecule has 1 fully saturated rings. The van der Waals surface area contributed by atoms with Crippen molar-refractivity contribution in [3.63, 3.8) is 0 Å². The van der Waals surface area contributed by atoms with Crippen LogP contribution >= 0.6 is 11.8 Å². The Hall–Kier alpha value is -0.750. The van der Waals surface area contributed by atoms with Crippen molar-refractivity contribution in [1.29, 1.82) is 0 Å². The molecule has 1 saturated heterocycles. The number of carbonyl (C=O) groups is 2. The highest BCUT2D eigenvalue weighted by molar-refractivity contribution is 7.98. The van der Waals surface area contributed by atoms with E-state index in [4.69, 9.17) is 0 Å². The van der Waals surface area contributed by atoms with Gasteiger partial charge in [-0.3, -0.25) is 14.9 Å². The summed E-state index contributed by atoms with van der Waals surface area (Å²) in [5.74, 6) is 1.05. The van der Waals surface area contributed by atoms with Gasteiger partial charge in [-0.15, -0.1) is 0 Å². The summed E-state index contributed by atoms with van der Waals surface area (Å²) in [6.45, 7) is 2.66. The van der Waals surface area contributed by atoms with Crippen molar-refractivity contribution in [2.75, 3.05) is 32.1 Å². The quantitative estimate of drug-likeness (QED) is 0.710. The van der Waals surface area contributed by atoms with Crippen LogP contribution in [0.25, 0.3) is 0 Å². The first kappa shape index (κ1) is 14.3. The lowest BCUT2D eigenvalue weighted by atomic mass is 10.1. The maximum Gasteiger partial charge on any atom is 0.241 e. The van der Waals surface area contributed by atoms with E-state index in [-0.39, 0.29) is 30.4 Å². The monoisotopic (exact) mass is 259 g/mol. The lowest BCUT2D eigenvalue weighted by Crippen LogP contribution is -2.59. The third kappa shape index (κ3) is 4.20. The van der Waals surface area contributed by atoms with Crippen LogP contribution in [0.3, 0.4) is 0 Å². The second-order valence-corrected chi connectivity index (χ2v) is 5.30. The zero-order chi connectivity index (χ0) is 12.8. The van der Waals surface area contributed by atoms with E-state index in [0.717, 1.165) is 12.2 Å². The number of nitrogens with one attached hydrogen (secondary N) is 2. The van der Waals surface area contributed by atoms with Gasteiger partial charge < -0.3 is 10.2 Å². The molecule has 0 bridgehead atoms. The van der Waals surface area contributed by atoms with Crippen molar-refractivity contribution >= 4 is 23.6 Å². The Bertz CT molecular complexity index is 276. The van der Waals surface area contributed by atoms with E-state index < -0.39 is 0 Å². The Morgan fingerprint density at radius 1 is 1.65 bits per heavy atom. The van der Waals surface area contributed by atoms with Gasteiger partial charge in [-0.25, -0.2) is 0 Å².